The molecule has 0 aromatic heterocycles. The first-order valence-electron chi connectivity index (χ1n) is 4.08. The second-order valence-corrected chi connectivity index (χ2v) is 2.74. The zero-order valence-corrected chi connectivity index (χ0v) is 8.30. The minimum absolute atomic E-state index is 0.0652. The number of ether oxygens (including phenoxy) is 2. The smallest absolute Gasteiger partial charge is 0.332 e. The van der Waals surface area contributed by atoms with Gasteiger partial charge in [-0.05, 0) is 24.9 Å². The van der Waals surface area contributed by atoms with Crippen LogP contribution in [0.3, 0.4) is 0 Å². The van der Waals surface area contributed by atoms with Crippen molar-refractivity contribution in [1.82, 2.24) is 0 Å². The van der Waals surface area contributed by atoms with Gasteiger partial charge < -0.3 is 9.47 Å². The summed E-state index contributed by atoms with van der Waals surface area (Å²) in [6.45, 7) is 2.36. The lowest BCUT2D eigenvalue weighted by atomic mass is 10.3. The van der Waals surface area contributed by atoms with E-state index in [-0.39, 0.29) is 24.2 Å². The molecule has 0 bridgehead atoms. The van der Waals surface area contributed by atoms with Crippen LogP contribution in [-0.2, 0) is 19.1 Å². The average molecular weight is 209 g/mol. The standard InChI is InChI=1S/C8H13ClO4/c1-2-13-8(11)6-12-5-3-4-7(9)10/h2-6H2,1H3. The summed E-state index contributed by atoms with van der Waals surface area (Å²) in [6, 6.07) is 0. The fraction of sp³-hybridized carbons (Fsp3) is 0.750. The Bertz CT molecular complexity index is 170. The Balaban J connectivity index is 3.16. The van der Waals surface area contributed by atoms with Crippen LogP contribution in [0.1, 0.15) is 19.8 Å². The lowest BCUT2D eigenvalue weighted by Gasteiger charge is -2.02. The number of hydrogen-bond donors (Lipinski definition) is 0. The fourth-order valence-electron chi connectivity index (χ4n) is 0.671. The van der Waals surface area contributed by atoms with E-state index in [0.29, 0.717) is 19.6 Å². The third-order valence-electron chi connectivity index (χ3n) is 1.19. The minimum atomic E-state index is -0.389. The Kier molecular flexibility index (Phi) is 7.63. The van der Waals surface area contributed by atoms with E-state index < -0.39 is 0 Å². The SMILES string of the molecule is CCOC(=O)COCCCC(=O)Cl. The van der Waals surface area contributed by atoms with Crippen molar-refractivity contribution in [3.63, 3.8) is 0 Å². The van der Waals surface area contributed by atoms with Crippen molar-refractivity contribution in [2.45, 2.75) is 19.8 Å². The molecule has 0 aliphatic carbocycles. The van der Waals surface area contributed by atoms with Gasteiger partial charge in [0.2, 0.25) is 5.24 Å². The van der Waals surface area contributed by atoms with Gasteiger partial charge in [-0.25, -0.2) is 4.79 Å². The highest BCUT2D eigenvalue weighted by molar-refractivity contribution is 6.63. The zero-order chi connectivity index (χ0) is 10.1. The molecule has 0 aliphatic rings. The normalized spacial score (nSPS) is 9.69. The van der Waals surface area contributed by atoms with Crippen molar-refractivity contribution >= 4 is 22.8 Å². The number of esters is 1. The molecule has 0 heterocycles. The molecule has 76 valence electrons. The molecule has 0 fully saturated rings. The Morgan fingerprint density at radius 3 is 2.62 bits per heavy atom. The number of hydrogen-bond acceptors (Lipinski definition) is 4. The highest BCUT2D eigenvalue weighted by atomic mass is 35.5. The van der Waals surface area contributed by atoms with Gasteiger partial charge in [-0.2, -0.15) is 0 Å². The van der Waals surface area contributed by atoms with E-state index in [1.54, 1.807) is 6.92 Å². The summed E-state index contributed by atoms with van der Waals surface area (Å²) in [4.78, 5) is 21.0. The van der Waals surface area contributed by atoms with E-state index in [1.165, 1.54) is 0 Å². The number of carbonyl (C=O) groups is 2. The topological polar surface area (TPSA) is 52.6 Å². The van der Waals surface area contributed by atoms with Crippen molar-refractivity contribution in [3.05, 3.63) is 0 Å². The first kappa shape index (κ1) is 12.4. The molecule has 0 atom stereocenters. The van der Waals surface area contributed by atoms with Crippen LogP contribution in [0.2, 0.25) is 0 Å². The van der Waals surface area contributed by atoms with Gasteiger partial charge in [0.05, 0.1) is 6.61 Å². The minimum Gasteiger partial charge on any atom is -0.464 e. The first-order chi connectivity index (χ1) is 6.16. The molecule has 0 N–H and O–H groups in total. The number of halogens is 1. The van der Waals surface area contributed by atoms with Gasteiger partial charge in [0.25, 0.3) is 0 Å². The molecule has 0 aromatic carbocycles. The molecule has 0 aromatic rings. The lowest BCUT2D eigenvalue weighted by Crippen LogP contribution is -2.13. The van der Waals surface area contributed by atoms with Crippen molar-refractivity contribution in [2.75, 3.05) is 19.8 Å². The largest absolute Gasteiger partial charge is 0.464 e. The van der Waals surface area contributed by atoms with Crippen LogP contribution >= 0.6 is 11.6 Å². The Morgan fingerprint density at radius 1 is 1.38 bits per heavy atom. The molecule has 0 saturated heterocycles. The summed E-state index contributed by atoms with van der Waals surface area (Å²) in [6.07, 6.45) is 0.798. The van der Waals surface area contributed by atoms with Gasteiger partial charge in [-0.1, -0.05) is 0 Å². The zero-order valence-electron chi connectivity index (χ0n) is 7.55. The van der Waals surface area contributed by atoms with Gasteiger partial charge in [0.15, 0.2) is 0 Å². The Morgan fingerprint density at radius 2 is 2.08 bits per heavy atom. The van der Waals surface area contributed by atoms with E-state index in [1.807, 2.05) is 0 Å². The monoisotopic (exact) mass is 208 g/mol. The van der Waals surface area contributed by atoms with E-state index >= 15 is 0 Å². The van der Waals surface area contributed by atoms with Gasteiger partial charge in [0.1, 0.15) is 6.61 Å². The predicted octanol–water partition coefficient (Wildman–Crippen LogP) is 1.11. The summed E-state index contributed by atoms with van der Waals surface area (Å²) in [5, 5.41) is -0.389. The molecule has 0 saturated carbocycles. The van der Waals surface area contributed by atoms with Crippen LogP contribution in [0, 0.1) is 0 Å². The molecule has 0 spiro atoms. The summed E-state index contributed by atoms with van der Waals surface area (Å²) >= 11 is 5.08. The molecule has 0 rings (SSSR count). The Hall–Kier alpha value is -0.610. The molecule has 0 aliphatic heterocycles. The fourth-order valence-corrected chi connectivity index (χ4v) is 0.805. The Labute approximate surface area is 82.1 Å². The number of carbonyl (C=O) groups excluding carboxylic acids is 2. The lowest BCUT2D eigenvalue weighted by molar-refractivity contribution is -0.148. The van der Waals surface area contributed by atoms with E-state index in [9.17, 15) is 9.59 Å². The van der Waals surface area contributed by atoms with Crippen molar-refractivity contribution in [1.29, 1.82) is 0 Å². The second-order valence-electron chi connectivity index (χ2n) is 2.32. The maximum atomic E-state index is 10.7. The van der Waals surface area contributed by atoms with Gasteiger partial charge in [0, 0.05) is 13.0 Å². The maximum absolute atomic E-state index is 10.7. The quantitative estimate of drug-likeness (QED) is 0.357. The third kappa shape index (κ3) is 9.30. The van der Waals surface area contributed by atoms with Crippen molar-refractivity contribution in [2.24, 2.45) is 0 Å². The van der Waals surface area contributed by atoms with E-state index in [4.69, 9.17) is 16.3 Å². The molecule has 0 unspecified atom stereocenters. The van der Waals surface area contributed by atoms with E-state index in [2.05, 4.69) is 4.74 Å². The summed E-state index contributed by atoms with van der Waals surface area (Å²) in [5.74, 6) is -0.389. The van der Waals surface area contributed by atoms with Crippen LogP contribution in [0.5, 0.6) is 0 Å². The maximum Gasteiger partial charge on any atom is 0.332 e. The van der Waals surface area contributed by atoms with Crippen LogP contribution in [0.4, 0.5) is 0 Å². The summed E-state index contributed by atoms with van der Waals surface area (Å²) in [7, 11) is 0. The van der Waals surface area contributed by atoms with Crippen molar-refractivity contribution < 1.29 is 19.1 Å². The van der Waals surface area contributed by atoms with Crippen LogP contribution < -0.4 is 0 Å². The van der Waals surface area contributed by atoms with Crippen LogP contribution in [0.25, 0.3) is 0 Å². The molecule has 5 heteroatoms. The van der Waals surface area contributed by atoms with E-state index in [0.717, 1.165) is 0 Å². The molecular formula is C8H13ClO4. The van der Waals surface area contributed by atoms with Crippen LogP contribution in [-0.4, -0.2) is 31.0 Å². The highest BCUT2D eigenvalue weighted by Crippen LogP contribution is 1.95. The molecular weight excluding hydrogens is 196 g/mol. The highest BCUT2D eigenvalue weighted by Gasteiger charge is 2.01. The van der Waals surface area contributed by atoms with Gasteiger partial charge in [-0.15, -0.1) is 0 Å². The molecule has 13 heavy (non-hydrogen) atoms. The van der Waals surface area contributed by atoms with Gasteiger partial charge >= 0.3 is 5.97 Å². The van der Waals surface area contributed by atoms with Gasteiger partial charge in [-0.3, -0.25) is 4.79 Å². The number of rotatable bonds is 7. The third-order valence-corrected chi connectivity index (χ3v) is 1.38. The predicted molar refractivity (Wildman–Crippen MR) is 47.5 cm³/mol. The second kappa shape index (κ2) is 8.01. The summed E-state index contributed by atoms with van der Waals surface area (Å²) < 4.78 is 9.53. The molecule has 0 amide bonds. The van der Waals surface area contributed by atoms with Crippen LogP contribution in [0.15, 0.2) is 0 Å². The summed E-state index contributed by atoms with van der Waals surface area (Å²) in [5.41, 5.74) is 0. The van der Waals surface area contributed by atoms with Crippen molar-refractivity contribution in [3.8, 4) is 0 Å². The average Bonchev–Trinajstić information content (AvgIpc) is 2.03. The first-order valence-corrected chi connectivity index (χ1v) is 4.46. The molecule has 0 radical (unpaired) electrons. The molecule has 4 nitrogen and oxygen atoms in total.